The molecule has 1 aromatic carbocycles. The Labute approximate surface area is 163 Å². The average Bonchev–Trinajstić information content (AvgIpc) is 2.67. The van der Waals surface area contributed by atoms with Crippen molar-refractivity contribution < 1.29 is 32.6 Å². The number of carbonyl (C=O) groups excluding carboxylic acids is 1. The number of halogens is 3. The van der Waals surface area contributed by atoms with Crippen LogP contribution in [-0.2, 0) is 9.59 Å². The molecule has 4 rings (SSSR count). The van der Waals surface area contributed by atoms with Crippen LogP contribution in [0.4, 0.5) is 24.5 Å². The number of amides is 1. The molecule has 0 radical (unpaired) electrons. The van der Waals surface area contributed by atoms with Crippen LogP contribution in [0, 0.1) is 0 Å². The zero-order chi connectivity index (χ0) is 21.3. The number of carbonyl (C=O) groups is 2. The maximum atomic E-state index is 11.9. The van der Waals surface area contributed by atoms with E-state index < -0.39 is 12.1 Å². The van der Waals surface area contributed by atoms with Crippen molar-refractivity contribution in [2.24, 2.45) is 5.10 Å². The molecule has 29 heavy (non-hydrogen) atoms. The minimum Gasteiger partial charge on any atom is -0.483 e. The second-order valence-electron chi connectivity index (χ2n) is 6.77. The normalized spacial score (nSPS) is 25.0. The zero-order valence-electron chi connectivity index (χ0n) is 15.6. The van der Waals surface area contributed by atoms with Gasteiger partial charge in [0, 0.05) is 18.3 Å². The lowest BCUT2D eigenvalue weighted by Gasteiger charge is -2.39. The Morgan fingerprint density at radius 1 is 1.38 bits per heavy atom. The molecule has 3 aliphatic heterocycles. The molecule has 1 saturated heterocycles. The van der Waals surface area contributed by atoms with E-state index in [1.54, 1.807) is 0 Å². The van der Waals surface area contributed by atoms with Gasteiger partial charge in [0.2, 0.25) is 0 Å². The molecule has 4 N–H and O–H groups in total. The average molecular weight is 415 g/mol. The fourth-order valence-electron chi connectivity index (χ4n) is 2.98. The number of nitrogens with zero attached hydrogens (tertiary/aromatic N) is 2. The lowest BCUT2D eigenvalue weighted by molar-refractivity contribution is -0.192. The number of amidine groups is 1. The molecule has 0 saturated carbocycles. The summed E-state index contributed by atoms with van der Waals surface area (Å²) < 4.78 is 37.5. The fourth-order valence-corrected chi connectivity index (χ4v) is 2.98. The smallest absolute Gasteiger partial charge is 0.483 e. The van der Waals surface area contributed by atoms with Crippen LogP contribution in [0.2, 0.25) is 0 Å². The Kier molecular flexibility index (Phi) is 5.55. The molecule has 12 heteroatoms. The van der Waals surface area contributed by atoms with Gasteiger partial charge in [-0.05, 0) is 32.0 Å². The molecule has 9 nitrogen and oxygen atoms in total. The van der Waals surface area contributed by atoms with Crippen LogP contribution in [0.1, 0.15) is 13.8 Å². The van der Waals surface area contributed by atoms with Crippen molar-refractivity contribution in [3.63, 3.8) is 0 Å². The summed E-state index contributed by atoms with van der Waals surface area (Å²) in [6.45, 7) is 5.36. The third kappa shape index (κ3) is 4.36. The van der Waals surface area contributed by atoms with Gasteiger partial charge in [0.05, 0.1) is 11.7 Å². The van der Waals surface area contributed by atoms with Gasteiger partial charge in [0.25, 0.3) is 5.91 Å². The van der Waals surface area contributed by atoms with Crippen molar-refractivity contribution in [2.45, 2.75) is 38.1 Å². The zero-order valence-corrected chi connectivity index (χ0v) is 15.6. The molecule has 1 amide bonds. The summed E-state index contributed by atoms with van der Waals surface area (Å²) in [5.74, 6) is -1.35. The highest BCUT2D eigenvalue weighted by Gasteiger charge is 2.38. The second-order valence-corrected chi connectivity index (χ2v) is 6.77. The van der Waals surface area contributed by atoms with Crippen molar-refractivity contribution in [2.75, 3.05) is 23.4 Å². The van der Waals surface area contributed by atoms with E-state index in [0.29, 0.717) is 18.7 Å². The summed E-state index contributed by atoms with van der Waals surface area (Å²) in [5.41, 5.74) is 4.45. The second kappa shape index (κ2) is 7.78. The molecule has 0 bridgehead atoms. The summed E-state index contributed by atoms with van der Waals surface area (Å²) in [7, 11) is 0. The molecule has 1 aromatic rings. The summed E-state index contributed by atoms with van der Waals surface area (Å²) in [5, 5.41) is 18.1. The van der Waals surface area contributed by atoms with Crippen molar-refractivity contribution in [1.82, 2.24) is 10.7 Å². The maximum Gasteiger partial charge on any atom is 0.490 e. The first-order chi connectivity index (χ1) is 13.6. The van der Waals surface area contributed by atoms with E-state index >= 15 is 0 Å². The highest BCUT2D eigenvalue weighted by molar-refractivity contribution is 6.09. The summed E-state index contributed by atoms with van der Waals surface area (Å²) in [6.07, 6.45) is -5.08. The van der Waals surface area contributed by atoms with Crippen LogP contribution in [0.5, 0.6) is 5.75 Å². The first kappa shape index (κ1) is 20.7. The van der Waals surface area contributed by atoms with Crippen molar-refractivity contribution in [3.05, 3.63) is 18.2 Å². The number of rotatable bonds is 2. The Hall–Kier alpha value is -3.02. The number of fused-ring (bicyclic) bond motifs is 3. The van der Waals surface area contributed by atoms with Crippen LogP contribution in [0.25, 0.3) is 0 Å². The number of anilines is 2. The topological polar surface area (TPSA) is 115 Å². The van der Waals surface area contributed by atoms with E-state index in [1.165, 1.54) is 0 Å². The molecule has 0 spiro atoms. The lowest BCUT2D eigenvalue weighted by Crippen LogP contribution is -2.59. The Morgan fingerprint density at radius 3 is 2.62 bits per heavy atom. The van der Waals surface area contributed by atoms with Gasteiger partial charge < -0.3 is 25.4 Å². The van der Waals surface area contributed by atoms with Gasteiger partial charge in [0.15, 0.2) is 5.84 Å². The van der Waals surface area contributed by atoms with Gasteiger partial charge in [-0.2, -0.15) is 18.3 Å². The fraction of sp³-hybridized carbons (Fsp3) is 0.471. The number of hydrogen-bond acceptors (Lipinski definition) is 7. The number of aliphatic carboxylic acids is 1. The predicted molar refractivity (Wildman–Crippen MR) is 98.0 cm³/mol. The van der Waals surface area contributed by atoms with Crippen LogP contribution < -0.4 is 25.7 Å². The quantitative estimate of drug-likeness (QED) is 0.572. The third-order valence-corrected chi connectivity index (χ3v) is 4.77. The van der Waals surface area contributed by atoms with Gasteiger partial charge in [-0.25, -0.2) is 10.2 Å². The molecule has 0 aliphatic carbocycles. The van der Waals surface area contributed by atoms with Gasteiger partial charge >= 0.3 is 12.1 Å². The van der Waals surface area contributed by atoms with E-state index in [0.717, 1.165) is 29.5 Å². The van der Waals surface area contributed by atoms with Gasteiger partial charge in [0.1, 0.15) is 18.4 Å². The van der Waals surface area contributed by atoms with Gasteiger partial charge in [-0.15, -0.1) is 0 Å². The minimum absolute atomic E-state index is 0.105. The minimum atomic E-state index is -5.08. The standard InChI is InChI=1S/C15H19N5O2.C2HF3O2/c1-8-11(6-16-8)17-10-3-4-13-12(5-10)20-9(2)15(21)19-18-14(20)7-22-13;3-2(4,5)1(6)7/h3-5,8-9,11,16-17H,6-7H2,1-2H3,(H,19,21);(H,6,7). The SMILES string of the molecule is CC1NCC1Nc1ccc2c(c1)N1C(=NNC(=O)C1C)CO2.O=C(O)C(F)(F)F. The molecule has 0 aromatic heterocycles. The highest BCUT2D eigenvalue weighted by Crippen LogP contribution is 2.37. The van der Waals surface area contributed by atoms with Crippen LogP contribution in [0.3, 0.4) is 0 Å². The number of carboxylic acids is 1. The molecular formula is C17H20F3N5O4. The number of ether oxygens (including phenoxy) is 1. The van der Waals surface area contributed by atoms with E-state index in [4.69, 9.17) is 14.6 Å². The number of nitrogens with one attached hydrogen (secondary N) is 3. The first-order valence-corrected chi connectivity index (χ1v) is 8.80. The number of hydrazone groups is 1. The van der Waals surface area contributed by atoms with Crippen molar-refractivity contribution >= 4 is 29.1 Å². The summed E-state index contributed by atoms with van der Waals surface area (Å²) >= 11 is 0. The maximum absolute atomic E-state index is 11.9. The molecule has 158 valence electrons. The Morgan fingerprint density at radius 2 is 2.07 bits per heavy atom. The summed E-state index contributed by atoms with van der Waals surface area (Å²) in [4.78, 5) is 22.7. The highest BCUT2D eigenvalue weighted by atomic mass is 19.4. The first-order valence-electron chi connectivity index (χ1n) is 8.80. The number of carboxylic acid groups (broad SMARTS) is 1. The van der Waals surface area contributed by atoms with Crippen LogP contribution in [-0.4, -0.2) is 60.3 Å². The Bertz CT molecular complexity index is 845. The van der Waals surface area contributed by atoms with Crippen molar-refractivity contribution in [3.8, 4) is 5.75 Å². The van der Waals surface area contributed by atoms with E-state index in [9.17, 15) is 18.0 Å². The number of benzene rings is 1. The van der Waals surface area contributed by atoms with E-state index in [-0.39, 0.29) is 11.9 Å². The molecule has 3 atom stereocenters. The molecular weight excluding hydrogens is 395 g/mol. The summed E-state index contributed by atoms with van der Waals surface area (Å²) in [6, 6.07) is 6.59. The lowest BCUT2D eigenvalue weighted by atomic mass is 10.0. The van der Waals surface area contributed by atoms with Crippen LogP contribution >= 0.6 is 0 Å². The van der Waals surface area contributed by atoms with Crippen LogP contribution in [0.15, 0.2) is 23.3 Å². The van der Waals surface area contributed by atoms with Gasteiger partial charge in [-0.1, -0.05) is 0 Å². The van der Waals surface area contributed by atoms with Crippen molar-refractivity contribution in [1.29, 1.82) is 0 Å². The molecule has 1 fully saturated rings. The Balaban J connectivity index is 0.000000298. The van der Waals surface area contributed by atoms with E-state index in [2.05, 4.69) is 28.1 Å². The van der Waals surface area contributed by atoms with E-state index in [1.807, 2.05) is 30.0 Å². The number of hydrogen-bond donors (Lipinski definition) is 4. The monoisotopic (exact) mass is 415 g/mol. The third-order valence-electron chi connectivity index (χ3n) is 4.77. The molecule has 3 heterocycles. The largest absolute Gasteiger partial charge is 0.490 e. The predicted octanol–water partition coefficient (Wildman–Crippen LogP) is 1.12. The number of alkyl halides is 3. The molecule has 3 aliphatic rings. The molecule has 3 unspecified atom stereocenters. The van der Waals surface area contributed by atoms with Gasteiger partial charge in [-0.3, -0.25) is 4.79 Å².